The number of ether oxygens (including phenoxy) is 2. The summed E-state index contributed by atoms with van der Waals surface area (Å²) in [6.07, 6.45) is 34.4. The number of aliphatic hydroxyl groups is 1. The maximum atomic E-state index is 11.9. The SMILES string of the molecule is CCCCCCCCCCCCCCCCCCCC(=O)OC[C@H](O)COC(=O)CCCCCCCCCCC(C)CC. The number of esters is 2. The Morgan fingerprint density at radius 1 is 0.488 bits per heavy atom. The van der Waals surface area contributed by atoms with E-state index < -0.39 is 6.10 Å². The molecule has 0 aromatic rings. The maximum absolute atomic E-state index is 11.9. The van der Waals surface area contributed by atoms with E-state index in [4.69, 9.17) is 9.47 Å². The predicted molar refractivity (Wildman–Crippen MR) is 182 cm³/mol. The first kappa shape index (κ1) is 41.9. The smallest absolute Gasteiger partial charge is 0.305 e. The van der Waals surface area contributed by atoms with Gasteiger partial charge in [0.15, 0.2) is 0 Å². The van der Waals surface area contributed by atoms with E-state index in [2.05, 4.69) is 20.8 Å². The Morgan fingerprint density at radius 3 is 1.12 bits per heavy atom. The number of unbranched alkanes of at least 4 members (excludes halogenated alkanes) is 23. The average molecular weight is 611 g/mol. The number of hydrogen-bond donors (Lipinski definition) is 1. The minimum absolute atomic E-state index is 0.109. The van der Waals surface area contributed by atoms with E-state index in [1.165, 1.54) is 141 Å². The zero-order valence-corrected chi connectivity index (χ0v) is 29.2. The summed E-state index contributed by atoms with van der Waals surface area (Å²) < 4.78 is 10.3. The van der Waals surface area contributed by atoms with Crippen LogP contribution in [0.5, 0.6) is 0 Å². The third kappa shape index (κ3) is 33.6. The molecule has 1 unspecified atom stereocenters. The van der Waals surface area contributed by atoms with Gasteiger partial charge in [-0.2, -0.15) is 0 Å². The van der Waals surface area contributed by atoms with Crippen molar-refractivity contribution in [3.8, 4) is 0 Å². The molecule has 0 rings (SSSR count). The van der Waals surface area contributed by atoms with E-state index in [0.717, 1.165) is 38.0 Å². The molecule has 5 heteroatoms. The Morgan fingerprint density at radius 2 is 0.791 bits per heavy atom. The minimum atomic E-state index is -0.955. The van der Waals surface area contributed by atoms with E-state index in [9.17, 15) is 14.7 Å². The van der Waals surface area contributed by atoms with Gasteiger partial charge in [-0.3, -0.25) is 9.59 Å². The first-order valence-electron chi connectivity index (χ1n) is 19.0. The van der Waals surface area contributed by atoms with Crippen LogP contribution in [0, 0.1) is 5.92 Å². The highest BCUT2D eigenvalue weighted by Crippen LogP contribution is 2.16. The van der Waals surface area contributed by atoms with Gasteiger partial charge in [-0.25, -0.2) is 0 Å². The predicted octanol–water partition coefficient (Wildman–Crippen LogP) is 11.4. The highest BCUT2D eigenvalue weighted by atomic mass is 16.6. The summed E-state index contributed by atoms with van der Waals surface area (Å²) in [5, 5.41) is 9.99. The molecule has 0 saturated heterocycles. The molecule has 0 aliphatic rings. The fourth-order valence-corrected chi connectivity index (χ4v) is 5.59. The second kappa shape index (κ2) is 33.8. The van der Waals surface area contributed by atoms with Gasteiger partial charge in [0.05, 0.1) is 0 Å². The quantitative estimate of drug-likeness (QED) is 0.0579. The standard InChI is InChI=1S/C38H74O5/c1-4-6-7-8-9-10-11-12-13-14-15-16-17-18-22-25-28-31-37(40)42-33-36(39)34-43-38(41)32-29-26-23-20-19-21-24-27-30-35(3)5-2/h35-36,39H,4-34H2,1-3H3/t35?,36-/m0/s1. The van der Waals surface area contributed by atoms with Gasteiger partial charge >= 0.3 is 11.9 Å². The molecule has 0 heterocycles. The fraction of sp³-hybridized carbons (Fsp3) is 0.947. The molecule has 0 fully saturated rings. The number of rotatable bonds is 34. The van der Waals surface area contributed by atoms with Crippen molar-refractivity contribution in [3.63, 3.8) is 0 Å². The first-order valence-corrected chi connectivity index (χ1v) is 19.0. The Bertz CT molecular complexity index is 593. The fourth-order valence-electron chi connectivity index (χ4n) is 5.59. The van der Waals surface area contributed by atoms with Crippen molar-refractivity contribution in [2.45, 2.75) is 213 Å². The summed E-state index contributed by atoms with van der Waals surface area (Å²) in [5.74, 6) is 0.306. The lowest BCUT2D eigenvalue weighted by Gasteiger charge is -2.12. The Balaban J connectivity index is 3.39. The molecule has 0 aliphatic heterocycles. The Labute approximate surface area is 268 Å². The summed E-state index contributed by atoms with van der Waals surface area (Å²) in [5.41, 5.74) is 0. The molecular weight excluding hydrogens is 536 g/mol. The normalized spacial score (nSPS) is 12.7. The van der Waals surface area contributed by atoms with Crippen LogP contribution in [-0.2, 0) is 19.1 Å². The Kier molecular flexibility index (Phi) is 32.9. The van der Waals surface area contributed by atoms with E-state index in [-0.39, 0.29) is 25.2 Å². The lowest BCUT2D eigenvalue weighted by atomic mass is 9.99. The molecule has 0 bridgehead atoms. The van der Waals surface area contributed by atoms with Crippen LogP contribution in [0.15, 0.2) is 0 Å². The summed E-state index contributed by atoms with van der Waals surface area (Å²) in [4.78, 5) is 23.9. The van der Waals surface area contributed by atoms with Gasteiger partial charge in [0.1, 0.15) is 19.3 Å². The molecule has 0 saturated carbocycles. The van der Waals surface area contributed by atoms with Gasteiger partial charge in [-0.05, 0) is 18.8 Å². The summed E-state index contributed by atoms with van der Waals surface area (Å²) in [6.45, 7) is 6.66. The van der Waals surface area contributed by atoms with Crippen LogP contribution in [0.4, 0.5) is 0 Å². The topological polar surface area (TPSA) is 72.8 Å². The minimum Gasteiger partial charge on any atom is -0.463 e. The third-order valence-corrected chi connectivity index (χ3v) is 8.88. The average Bonchev–Trinajstić information content (AvgIpc) is 3.01. The summed E-state index contributed by atoms with van der Waals surface area (Å²) >= 11 is 0. The van der Waals surface area contributed by atoms with E-state index in [0.29, 0.717) is 12.8 Å². The molecule has 1 N–H and O–H groups in total. The van der Waals surface area contributed by atoms with Gasteiger partial charge in [0.2, 0.25) is 0 Å². The van der Waals surface area contributed by atoms with Crippen LogP contribution < -0.4 is 0 Å². The van der Waals surface area contributed by atoms with E-state index >= 15 is 0 Å². The van der Waals surface area contributed by atoms with Crippen LogP contribution in [0.1, 0.15) is 207 Å². The molecular formula is C38H74O5. The van der Waals surface area contributed by atoms with Gasteiger partial charge in [-0.15, -0.1) is 0 Å². The maximum Gasteiger partial charge on any atom is 0.305 e. The molecule has 5 nitrogen and oxygen atoms in total. The number of carbonyl (C=O) groups is 2. The van der Waals surface area contributed by atoms with Crippen LogP contribution >= 0.6 is 0 Å². The molecule has 0 aliphatic carbocycles. The molecule has 43 heavy (non-hydrogen) atoms. The lowest BCUT2D eigenvalue weighted by molar-refractivity contribution is -0.152. The van der Waals surface area contributed by atoms with Crippen molar-refractivity contribution in [3.05, 3.63) is 0 Å². The van der Waals surface area contributed by atoms with Crippen molar-refractivity contribution in [2.24, 2.45) is 5.92 Å². The zero-order chi connectivity index (χ0) is 31.6. The molecule has 0 amide bonds. The molecule has 2 atom stereocenters. The van der Waals surface area contributed by atoms with Crippen LogP contribution in [-0.4, -0.2) is 36.4 Å². The first-order chi connectivity index (χ1) is 21.0. The number of carbonyl (C=O) groups excluding carboxylic acids is 2. The van der Waals surface area contributed by atoms with Crippen LogP contribution in [0.3, 0.4) is 0 Å². The zero-order valence-electron chi connectivity index (χ0n) is 29.2. The number of hydrogen-bond acceptors (Lipinski definition) is 5. The molecule has 0 radical (unpaired) electrons. The molecule has 256 valence electrons. The second-order valence-electron chi connectivity index (χ2n) is 13.3. The molecule has 0 spiro atoms. The second-order valence-corrected chi connectivity index (χ2v) is 13.3. The van der Waals surface area contributed by atoms with Crippen LogP contribution in [0.2, 0.25) is 0 Å². The van der Waals surface area contributed by atoms with Crippen molar-refractivity contribution in [2.75, 3.05) is 13.2 Å². The third-order valence-electron chi connectivity index (χ3n) is 8.88. The highest BCUT2D eigenvalue weighted by Gasteiger charge is 2.12. The summed E-state index contributed by atoms with van der Waals surface area (Å²) in [6, 6.07) is 0. The highest BCUT2D eigenvalue weighted by molar-refractivity contribution is 5.69. The van der Waals surface area contributed by atoms with Gasteiger partial charge < -0.3 is 14.6 Å². The van der Waals surface area contributed by atoms with Crippen molar-refractivity contribution in [1.29, 1.82) is 0 Å². The monoisotopic (exact) mass is 611 g/mol. The molecule has 0 aromatic carbocycles. The van der Waals surface area contributed by atoms with E-state index in [1.54, 1.807) is 0 Å². The Hall–Kier alpha value is -1.10. The molecule has 0 aromatic heterocycles. The van der Waals surface area contributed by atoms with Crippen molar-refractivity contribution in [1.82, 2.24) is 0 Å². The van der Waals surface area contributed by atoms with Crippen molar-refractivity contribution >= 4 is 11.9 Å². The largest absolute Gasteiger partial charge is 0.463 e. The van der Waals surface area contributed by atoms with E-state index in [1.807, 2.05) is 0 Å². The van der Waals surface area contributed by atoms with Crippen LogP contribution in [0.25, 0.3) is 0 Å². The summed E-state index contributed by atoms with van der Waals surface area (Å²) in [7, 11) is 0. The lowest BCUT2D eigenvalue weighted by Crippen LogP contribution is -2.25. The van der Waals surface area contributed by atoms with Gasteiger partial charge in [0.25, 0.3) is 0 Å². The van der Waals surface area contributed by atoms with Crippen molar-refractivity contribution < 1.29 is 24.2 Å². The van der Waals surface area contributed by atoms with Gasteiger partial charge in [-0.1, -0.05) is 181 Å². The number of aliphatic hydroxyl groups excluding tert-OH is 1. The van der Waals surface area contributed by atoms with Gasteiger partial charge in [0, 0.05) is 12.8 Å².